The van der Waals surface area contributed by atoms with Crippen molar-refractivity contribution >= 4 is 5.91 Å². The molecule has 0 aromatic heterocycles. The summed E-state index contributed by atoms with van der Waals surface area (Å²) in [5.74, 6) is -0.0968. The highest BCUT2D eigenvalue weighted by molar-refractivity contribution is 5.76. The van der Waals surface area contributed by atoms with Gasteiger partial charge in [-0.3, -0.25) is 4.79 Å². The number of hydrogen-bond donors (Lipinski definition) is 3. The molecule has 4 nitrogen and oxygen atoms in total. The van der Waals surface area contributed by atoms with Crippen molar-refractivity contribution in [2.45, 2.75) is 302 Å². The number of nitrogens with one attached hydrogen (secondary N) is 1. The number of hydrogen-bond acceptors (Lipinski definition) is 3. The van der Waals surface area contributed by atoms with E-state index < -0.39 is 12.1 Å². The second-order valence-corrected chi connectivity index (χ2v) is 21.8. The lowest BCUT2D eigenvalue weighted by Gasteiger charge is -2.19. The van der Waals surface area contributed by atoms with Crippen LogP contribution in [-0.4, -0.2) is 34.9 Å². The minimum absolute atomic E-state index is 0.0968. The molecule has 0 aliphatic heterocycles. The van der Waals surface area contributed by atoms with Crippen LogP contribution in [0.15, 0.2) is 158 Å². The zero-order chi connectivity index (χ0) is 56.9. The van der Waals surface area contributed by atoms with Crippen LogP contribution in [0.25, 0.3) is 0 Å². The average Bonchev–Trinajstić information content (AvgIpc) is 3.45. The third-order valence-corrected chi connectivity index (χ3v) is 14.2. The fraction of sp³-hybridized carbons (Fsp3) is 0.640. The van der Waals surface area contributed by atoms with Gasteiger partial charge in [0, 0.05) is 6.42 Å². The van der Waals surface area contributed by atoms with E-state index in [1.165, 1.54) is 154 Å². The van der Waals surface area contributed by atoms with Crippen molar-refractivity contribution in [3.05, 3.63) is 158 Å². The van der Waals surface area contributed by atoms with Crippen molar-refractivity contribution in [2.24, 2.45) is 0 Å². The van der Waals surface area contributed by atoms with E-state index in [9.17, 15) is 15.0 Å². The SMILES string of the molecule is CC/C=C\C/C=C\C/C=C\C/C=C\C/C=C\C/C=C\C/C=C\C/C=C\C/C=C\C/C=C\C/C=C\CCCCCCCC(=O)NC(CO)C(O)/C=C/CC/C=C/CCCCCCCCCCCCCCCCCCCCCCCC. The lowest BCUT2D eigenvalue weighted by molar-refractivity contribution is -0.123. The summed E-state index contributed by atoms with van der Waals surface area (Å²) in [4.78, 5) is 12.5. The van der Waals surface area contributed by atoms with E-state index in [1.54, 1.807) is 6.08 Å². The summed E-state index contributed by atoms with van der Waals surface area (Å²) in [6.07, 6.45) is 109. The van der Waals surface area contributed by atoms with Crippen LogP contribution in [0.3, 0.4) is 0 Å². The molecule has 0 aliphatic carbocycles. The molecule has 2 atom stereocenters. The van der Waals surface area contributed by atoms with E-state index in [4.69, 9.17) is 0 Å². The van der Waals surface area contributed by atoms with E-state index in [2.05, 4.69) is 165 Å². The van der Waals surface area contributed by atoms with Gasteiger partial charge in [0.15, 0.2) is 0 Å². The molecule has 4 heteroatoms. The first-order valence-electron chi connectivity index (χ1n) is 33.2. The van der Waals surface area contributed by atoms with Crippen molar-refractivity contribution in [1.82, 2.24) is 5.32 Å². The molecule has 0 spiro atoms. The van der Waals surface area contributed by atoms with Crippen LogP contribution in [-0.2, 0) is 4.79 Å². The Balaban J connectivity index is 3.66. The lowest BCUT2D eigenvalue weighted by Crippen LogP contribution is -2.45. The highest BCUT2D eigenvalue weighted by Gasteiger charge is 2.18. The minimum Gasteiger partial charge on any atom is -0.394 e. The van der Waals surface area contributed by atoms with E-state index in [-0.39, 0.29) is 12.5 Å². The van der Waals surface area contributed by atoms with Gasteiger partial charge in [-0.05, 0) is 116 Å². The molecule has 79 heavy (non-hydrogen) atoms. The van der Waals surface area contributed by atoms with Crippen molar-refractivity contribution in [3.63, 3.8) is 0 Å². The molecule has 448 valence electrons. The molecular formula is C75H125NO3. The molecule has 0 saturated carbocycles. The molecule has 3 N–H and O–H groups in total. The van der Waals surface area contributed by atoms with Crippen molar-refractivity contribution in [1.29, 1.82) is 0 Å². The van der Waals surface area contributed by atoms with Gasteiger partial charge in [-0.25, -0.2) is 0 Å². The maximum Gasteiger partial charge on any atom is 0.220 e. The monoisotopic (exact) mass is 1090 g/mol. The molecule has 0 saturated heterocycles. The fourth-order valence-corrected chi connectivity index (χ4v) is 9.26. The predicted octanol–water partition coefficient (Wildman–Crippen LogP) is 22.9. The van der Waals surface area contributed by atoms with Gasteiger partial charge in [0.2, 0.25) is 5.91 Å². The van der Waals surface area contributed by atoms with Gasteiger partial charge in [0.25, 0.3) is 0 Å². The quantitative estimate of drug-likeness (QED) is 0.0420. The van der Waals surface area contributed by atoms with Gasteiger partial charge in [-0.15, -0.1) is 0 Å². The molecule has 0 aromatic rings. The Morgan fingerprint density at radius 2 is 0.570 bits per heavy atom. The molecule has 0 bridgehead atoms. The first-order valence-corrected chi connectivity index (χ1v) is 33.2. The molecule has 0 rings (SSSR count). The predicted molar refractivity (Wildman–Crippen MR) is 354 cm³/mol. The molecule has 0 radical (unpaired) electrons. The van der Waals surface area contributed by atoms with Crippen LogP contribution in [0, 0.1) is 0 Å². The molecule has 0 fully saturated rings. The average molecular weight is 1090 g/mol. The molecule has 2 unspecified atom stereocenters. The number of rotatable bonds is 59. The summed E-state index contributed by atoms with van der Waals surface area (Å²) in [5, 5.41) is 23.2. The Bertz CT molecular complexity index is 1660. The van der Waals surface area contributed by atoms with Crippen LogP contribution in [0.2, 0.25) is 0 Å². The Morgan fingerprint density at radius 1 is 0.316 bits per heavy atom. The van der Waals surface area contributed by atoms with Gasteiger partial charge < -0.3 is 15.5 Å². The number of allylic oxidation sites excluding steroid dienone is 25. The maximum absolute atomic E-state index is 12.5. The Hall–Kier alpha value is -3.99. The van der Waals surface area contributed by atoms with Crippen molar-refractivity contribution in [2.75, 3.05) is 6.61 Å². The second kappa shape index (κ2) is 68.3. The van der Waals surface area contributed by atoms with Crippen LogP contribution in [0.4, 0.5) is 0 Å². The minimum atomic E-state index is -0.884. The lowest BCUT2D eigenvalue weighted by atomic mass is 10.0. The van der Waals surface area contributed by atoms with E-state index >= 15 is 0 Å². The number of unbranched alkanes of at least 4 members (excludes halogenated alkanes) is 28. The Morgan fingerprint density at radius 3 is 0.886 bits per heavy atom. The molecule has 0 aromatic carbocycles. The van der Waals surface area contributed by atoms with Gasteiger partial charge in [0.05, 0.1) is 18.8 Å². The summed E-state index contributed by atoms with van der Waals surface area (Å²) in [5.41, 5.74) is 0. The Kier molecular flexibility index (Phi) is 64.8. The largest absolute Gasteiger partial charge is 0.394 e. The van der Waals surface area contributed by atoms with Gasteiger partial charge in [0.1, 0.15) is 0 Å². The normalized spacial score (nSPS) is 13.8. The third kappa shape index (κ3) is 64.7. The summed E-state index contributed by atoms with van der Waals surface area (Å²) in [6, 6.07) is -0.663. The first-order chi connectivity index (χ1) is 39.2. The summed E-state index contributed by atoms with van der Waals surface area (Å²) in [7, 11) is 0. The summed E-state index contributed by atoms with van der Waals surface area (Å²) in [6.45, 7) is 4.19. The van der Waals surface area contributed by atoms with Gasteiger partial charge >= 0.3 is 0 Å². The highest BCUT2D eigenvalue weighted by atomic mass is 16.3. The van der Waals surface area contributed by atoms with Crippen LogP contribution in [0.1, 0.15) is 290 Å². The molecule has 0 aliphatic rings. The number of aliphatic hydroxyl groups is 2. The molecule has 1 amide bonds. The summed E-state index contributed by atoms with van der Waals surface area (Å²) >= 11 is 0. The van der Waals surface area contributed by atoms with Crippen molar-refractivity contribution in [3.8, 4) is 0 Å². The number of aliphatic hydroxyl groups excluding tert-OH is 2. The molecule has 0 heterocycles. The smallest absolute Gasteiger partial charge is 0.220 e. The van der Waals surface area contributed by atoms with Gasteiger partial charge in [-0.1, -0.05) is 326 Å². The topological polar surface area (TPSA) is 69.6 Å². The van der Waals surface area contributed by atoms with E-state index in [1.807, 2.05) is 6.08 Å². The van der Waals surface area contributed by atoms with E-state index in [0.29, 0.717) is 6.42 Å². The van der Waals surface area contributed by atoms with E-state index in [0.717, 1.165) is 116 Å². The maximum atomic E-state index is 12.5. The van der Waals surface area contributed by atoms with Crippen molar-refractivity contribution < 1.29 is 15.0 Å². The number of carbonyl (C=O) groups is 1. The highest BCUT2D eigenvalue weighted by Crippen LogP contribution is 2.16. The number of amides is 1. The third-order valence-electron chi connectivity index (χ3n) is 14.2. The Labute approximate surface area is 490 Å². The number of carbonyl (C=O) groups excluding carboxylic acids is 1. The molecular weight excluding hydrogens is 963 g/mol. The fourth-order valence-electron chi connectivity index (χ4n) is 9.26. The van der Waals surface area contributed by atoms with Gasteiger partial charge in [-0.2, -0.15) is 0 Å². The first kappa shape index (κ1) is 75.0. The van der Waals surface area contributed by atoms with Crippen LogP contribution >= 0.6 is 0 Å². The second-order valence-electron chi connectivity index (χ2n) is 21.8. The zero-order valence-corrected chi connectivity index (χ0v) is 51.6. The summed E-state index contributed by atoms with van der Waals surface area (Å²) < 4.78 is 0. The standard InChI is InChI=1S/C75H125NO3/c1-3-5-7-9-11-13-15-17-19-21-23-25-27-29-31-33-34-35-36-37-38-39-40-41-42-43-45-47-49-51-53-55-57-59-61-63-65-67-69-71-75(79)76-73(72-77)74(78)70-68-66-64-62-60-58-56-54-52-50-48-46-44-32-30-28-26-24-22-20-18-16-14-12-10-8-6-4-2/h5,7,11,13,17,19,23,25,29,31,34-35,37-38,40-41,43,45,49,51,55,57,60,62,68,70,73-74,77-78H,3-4,6,8-10,12,14-16,18,20-22,24,26-28,30,32-33,36,39,42,44,46-48,50,52-54,56,58-59,61,63-67,69,71-72H2,1-2H3,(H,76,79)/b7-5-,13-11-,19-17-,25-23-,31-29-,35-34-,38-37-,41-40-,45-43-,51-49-,57-55-,62-60+,70-68+. The zero-order valence-electron chi connectivity index (χ0n) is 51.6. The van der Waals surface area contributed by atoms with Crippen LogP contribution < -0.4 is 5.32 Å². The van der Waals surface area contributed by atoms with Crippen LogP contribution in [0.5, 0.6) is 0 Å².